The first kappa shape index (κ1) is 26.4. The van der Waals surface area contributed by atoms with E-state index in [0.29, 0.717) is 41.7 Å². The molecule has 0 bridgehead atoms. The Hall–Kier alpha value is -2.18. The van der Waals surface area contributed by atoms with E-state index in [-0.39, 0.29) is 24.6 Å². The topological polar surface area (TPSA) is 114 Å². The third kappa shape index (κ3) is 6.92. The highest BCUT2D eigenvalue weighted by Gasteiger charge is 2.29. The number of aromatic nitrogens is 2. The molecule has 12 heteroatoms. The Morgan fingerprint density at radius 2 is 2.03 bits per heavy atom. The van der Waals surface area contributed by atoms with Gasteiger partial charge in [0.15, 0.2) is 16.8 Å². The average molecular weight is 498 g/mol. The van der Waals surface area contributed by atoms with Crippen molar-refractivity contribution < 1.29 is 19.2 Å². The van der Waals surface area contributed by atoms with Gasteiger partial charge in [-0.05, 0) is 45.5 Å². The summed E-state index contributed by atoms with van der Waals surface area (Å²) in [6, 6.07) is 0.299. The van der Waals surface area contributed by atoms with Crippen molar-refractivity contribution in [1.29, 1.82) is 0 Å². The summed E-state index contributed by atoms with van der Waals surface area (Å²) in [5.41, 5.74) is 5.18. The Labute approximate surface area is 204 Å². The third-order valence-electron chi connectivity index (χ3n) is 6.72. The van der Waals surface area contributed by atoms with E-state index in [1.54, 1.807) is 0 Å². The lowest BCUT2D eigenvalue weighted by Crippen LogP contribution is -2.46. The molecule has 1 aromatic heterocycles. The number of carbonyl (C=O) groups excluding carboxylic acids is 2. The second-order valence-corrected chi connectivity index (χ2v) is 10.1. The van der Waals surface area contributed by atoms with Crippen LogP contribution < -0.4 is 15.8 Å². The van der Waals surface area contributed by atoms with Gasteiger partial charge in [-0.2, -0.15) is 4.39 Å². The van der Waals surface area contributed by atoms with Gasteiger partial charge in [-0.25, -0.2) is 15.0 Å². The van der Waals surface area contributed by atoms with E-state index in [1.807, 2.05) is 25.3 Å². The van der Waals surface area contributed by atoms with Gasteiger partial charge >= 0.3 is 0 Å². The Balaban J connectivity index is 1.73. The summed E-state index contributed by atoms with van der Waals surface area (Å²) in [5.74, 6) is -1.20. The van der Waals surface area contributed by atoms with Crippen LogP contribution in [0.25, 0.3) is 0 Å². The van der Waals surface area contributed by atoms with E-state index in [4.69, 9.17) is 0 Å². The van der Waals surface area contributed by atoms with E-state index < -0.39 is 17.6 Å². The summed E-state index contributed by atoms with van der Waals surface area (Å²) < 4.78 is 15.4. The van der Waals surface area contributed by atoms with Crippen LogP contribution in [0.15, 0.2) is 5.16 Å². The van der Waals surface area contributed by atoms with Crippen LogP contribution in [0.2, 0.25) is 0 Å². The zero-order chi connectivity index (χ0) is 24.7. The number of hydroxylamine groups is 2. The van der Waals surface area contributed by atoms with Crippen molar-refractivity contribution in [2.24, 2.45) is 11.8 Å². The molecule has 0 unspecified atom stereocenters. The predicted molar refractivity (Wildman–Crippen MR) is 129 cm³/mol. The summed E-state index contributed by atoms with van der Waals surface area (Å²) in [6.45, 7) is 1.22. The molecule has 3 N–H and O–H groups in total. The Kier molecular flexibility index (Phi) is 9.72. The number of amides is 2. The van der Waals surface area contributed by atoms with E-state index in [2.05, 4.69) is 25.7 Å². The molecule has 190 valence electrons. The fourth-order valence-corrected chi connectivity index (χ4v) is 5.13. The van der Waals surface area contributed by atoms with Gasteiger partial charge in [0.05, 0.1) is 12.5 Å². The molecule has 2 aliphatic rings. The van der Waals surface area contributed by atoms with E-state index in [9.17, 15) is 14.8 Å². The Morgan fingerprint density at radius 3 is 2.68 bits per heavy atom. The zero-order valence-electron chi connectivity index (χ0n) is 20.2. The van der Waals surface area contributed by atoms with Gasteiger partial charge < -0.3 is 9.80 Å². The lowest BCUT2D eigenvalue weighted by atomic mass is 9.92. The Morgan fingerprint density at radius 1 is 1.29 bits per heavy atom. The molecular formula is C22H36FN7O3S. The number of thioether (sulfide) groups is 1. The number of carbonyl (C=O) groups is 2. The van der Waals surface area contributed by atoms with Crippen LogP contribution in [0.1, 0.15) is 44.9 Å². The molecule has 0 spiro atoms. The maximum atomic E-state index is 15.4. The number of likely N-dealkylation sites (N-methyl/N-ethyl adjacent to an activating group) is 1. The largest absolute Gasteiger partial charge is 0.352 e. The lowest BCUT2D eigenvalue weighted by Gasteiger charge is -2.37. The summed E-state index contributed by atoms with van der Waals surface area (Å²) in [6.07, 6.45) is 8.88. The number of hydrogen-bond donors (Lipinski definition) is 3. The molecule has 1 aromatic rings. The third-order valence-corrected chi connectivity index (χ3v) is 7.27. The maximum Gasteiger partial charge on any atom is 0.243 e. The molecule has 1 saturated heterocycles. The minimum absolute atomic E-state index is 0.106. The van der Waals surface area contributed by atoms with Gasteiger partial charge in [-0.3, -0.25) is 25.6 Å². The van der Waals surface area contributed by atoms with Gasteiger partial charge in [-0.1, -0.05) is 37.4 Å². The first-order chi connectivity index (χ1) is 16.3. The normalized spacial score (nSPS) is 19.8. The number of hydrogen-bond acceptors (Lipinski definition) is 9. The summed E-state index contributed by atoms with van der Waals surface area (Å²) >= 11 is 1.29. The van der Waals surface area contributed by atoms with Crippen molar-refractivity contribution >= 4 is 35.7 Å². The van der Waals surface area contributed by atoms with Crippen molar-refractivity contribution in [3.8, 4) is 0 Å². The van der Waals surface area contributed by atoms with Crippen LogP contribution >= 0.6 is 11.8 Å². The minimum atomic E-state index is -0.627. The van der Waals surface area contributed by atoms with Crippen molar-refractivity contribution in [3.05, 3.63) is 5.82 Å². The van der Waals surface area contributed by atoms with Crippen LogP contribution in [0, 0.1) is 17.7 Å². The summed E-state index contributed by atoms with van der Waals surface area (Å²) in [4.78, 5) is 36.5. The first-order valence-corrected chi connectivity index (χ1v) is 13.0. The molecule has 2 atom stereocenters. The number of halogens is 1. The van der Waals surface area contributed by atoms with Crippen molar-refractivity contribution in [2.45, 2.75) is 56.1 Å². The van der Waals surface area contributed by atoms with Crippen molar-refractivity contribution in [3.63, 3.8) is 0 Å². The second kappa shape index (κ2) is 12.5. The number of rotatable bonds is 11. The van der Waals surface area contributed by atoms with Gasteiger partial charge in [0, 0.05) is 19.1 Å². The van der Waals surface area contributed by atoms with Gasteiger partial charge in [0.2, 0.25) is 18.1 Å². The van der Waals surface area contributed by atoms with Crippen LogP contribution in [0.4, 0.5) is 16.0 Å². The molecule has 2 heterocycles. The standard InChI is InChI=1S/C22H36FN7O3S/c1-28(2)17-9-6-10-29(13-17)20-18(23)19(24-22(25-20)34-3)26-27-21(32)16(12-30(33)14-31)11-15-7-4-5-8-15/h14-17,33H,4-13H2,1-3H3,(H,27,32)(H,24,25,26)/t16-,17+/m0/s1. The minimum Gasteiger partial charge on any atom is -0.352 e. The number of nitrogens with zero attached hydrogens (tertiary/aromatic N) is 5. The average Bonchev–Trinajstić information content (AvgIpc) is 3.35. The van der Waals surface area contributed by atoms with Crippen LogP contribution in [0.5, 0.6) is 0 Å². The molecule has 3 rings (SSSR count). The first-order valence-electron chi connectivity index (χ1n) is 11.8. The zero-order valence-corrected chi connectivity index (χ0v) is 21.0. The van der Waals surface area contributed by atoms with Crippen molar-refractivity contribution in [2.75, 3.05) is 50.3 Å². The quantitative estimate of drug-likeness (QED) is 0.139. The molecule has 10 nitrogen and oxygen atoms in total. The highest BCUT2D eigenvalue weighted by molar-refractivity contribution is 7.98. The predicted octanol–water partition coefficient (Wildman–Crippen LogP) is 2.36. The van der Waals surface area contributed by atoms with Gasteiger partial charge in [0.25, 0.3) is 0 Å². The second-order valence-electron chi connectivity index (χ2n) is 9.33. The molecule has 2 amide bonds. The molecule has 1 aliphatic heterocycles. The highest BCUT2D eigenvalue weighted by Crippen LogP contribution is 2.31. The number of piperidine rings is 1. The van der Waals surface area contributed by atoms with E-state index in [0.717, 1.165) is 38.5 Å². The monoisotopic (exact) mass is 497 g/mol. The summed E-state index contributed by atoms with van der Waals surface area (Å²) in [7, 11) is 4.03. The SMILES string of the molecule is CSc1nc(NNC(=O)[C@@H](CC2CCCC2)CN(O)C=O)c(F)c(N2CCC[C@@H](N(C)C)C2)n1. The van der Waals surface area contributed by atoms with Gasteiger partial charge in [0.1, 0.15) is 0 Å². The fraction of sp³-hybridized carbons (Fsp3) is 0.727. The molecule has 34 heavy (non-hydrogen) atoms. The Bertz CT molecular complexity index is 841. The van der Waals surface area contributed by atoms with Crippen LogP contribution in [0.3, 0.4) is 0 Å². The molecule has 1 aliphatic carbocycles. The van der Waals surface area contributed by atoms with Crippen LogP contribution in [-0.4, -0.2) is 83.5 Å². The fourth-order valence-electron chi connectivity index (χ4n) is 4.77. The molecule has 2 fully saturated rings. The molecule has 0 radical (unpaired) electrons. The lowest BCUT2D eigenvalue weighted by molar-refractivity contribution is -0.154. The number of hydrazine groups is 1. The molecule has 1 saturated carbocycles. The van der Waals surface area contributed by atoms with Crippen LogP contribution in [-0.2, 0) is 9.59 Å². The number of nitrogens with one attached hydrogen (secondary N) is 2. The number of anilines is 2. The molecular weight excluding hydrogens is 461 g/mol. The highest BCUT2D eigenvalue weighted by atomic mass is 32.2. The van der Waals surface area contributed by atoms with E-state index >= 15 is 4.39 Å². The smallest absolute Gasteiger partial charge is 0.243 e. The van der Waals surface area contributed by atoms with Crippen molar-refractivity contribution in [1.82, 2.24) is 25.4 Å². The van der Waals surface area contributed by atoms with Gasteiger partial charge in [-0.15, -0.1) is 0 Å². The molecule has 0 aromatic carbocycles. The summed E-state index contributed by atoms with van der Waals surface area (Å²) in [5, 5.41) is 10.5. The maximum absolute atomic E-state index is 15.4. The van der Waals surface area contributed by atoms with E-state index in [1.165, 1.54) is 11.8 Å².